The van der Waals surface area contributed by atoms with Crippen LogP contribution >= 0.6 is 0 Å². The van der Waals surface area contributed by atoms with Crippen LogP contribution in [-0.2, 0) is 10.2 Å². The maximum absolute atomic E-state index is 12.1. The lowest BCUT2D eigenvalue weighted by molar-refractivity contribution is -0.122. The number of benzene rings is 1. The molecule has 1 N–H and O–H groups in total. The first-order valence-electron chi connectivity index (χ1n) is 6.86. The van der Waals surface area contributed by atoms with Crippen LogP contribution in [0.3, 0.4) is 0 Å². The van der Waals surface area contributed by atoms with Crippen LogP contribution < -0.4 is 10.1 Å². The molecule has 0 spiro atoms. The summed E-state index contributed by atoms with van der Waals surface area (Å²) in [5, 5.41) is 6.54. The Kier molecular flexibility index (Phi) is 4.31. The van der Waals surface area contributed by atoms with Gasteiger partial charge in [0.2, 0.25) is 0 Å². The second-order valence-corrected chi connectivity index (χ2v) is 5.89. The predicted octanol–water partition coefficient (Wildman–Crippen LogP) is 3.38. The Morgan fingerprint density at radius 3 is 2.52 bits per heavy atom. The molecule has 0 saturated heterocycles. The minimum absolute atomic E-state index is 0.151. The second kappa shape index (κ2) is 5.99. The van der Waals surface area contributed by atoms with Gasteiger partial charge < -0.3 is 14.6 Å². The van der Waals surface area contributed by atoms with Crippen LogP contribution in [0.1, 0.15) is 33.5 Å². The number of amides is 1. The van der Waals surface area contributed by atoms with Gasteiger partial charge in [0, 0.05) is 11.5 Å². The zero-order valence-electron chi connectivity index (χ0n) is 12.7. The Morgan fingerprint density at radius 2 is 1.95 bits per heavy atom. The van der Waals surface area contributed by atoms with E-state index in [4.69, 9.17) is 9.26 Å². The Morgan fingerprint density at radius 1 is 1.29 bits per heavy atom. The number of rotatable bonds is 4. The van der Waals surface area contributed by atoms with Crippen molar-refractivity contribution in [2.45, 2.75) is 39.2 Å². The number of carbonyl (C=O) groups excluding carboxylic acids is 1. The van der Waals surface area contributed by atoms with Crippen molar-refractivity contribution >= 4 is 11.7 Å². The maximum Gasteiger partial charge on any atom is 0.266 e. The molecule has 1 aromatic carbocycles. The predicted molar refractivity (Wildman–Crippen MR) is 80.4 cm³/mol. The fourth-order valence-electron chi connectivity index (χ4n) is 1.67. The van der Waals surface area contributed by atoms with Gasteiger partial charge in [-0.25, -0.2) is 0 Å². The largest absolute Gasteiger partial charge is 0.481 e. The molecule has 0 radical (unpaired) electrons. The third kappa shape index (κ3) is 4.08. The molecule has 1 aromatic heterocycles. The topological polar surface area (TPSA) is 64.4 Å². The first kappa shape index (κ1) is 15.1. The Labute approximate surface area is 124 Å². The zero-order valence-corrected chi connectivity index (χ0v) is 12.7. The summed E-state index contributed by atoms with van der Waals surface area (Å²) in [5.41, 5.74) is -0.151. The molecule has 112 valence electrons. The lowest BCUT2D eigenvalue weighted by Crippen LogP contribution is -2.30. The number of aromatic nitrogens is 1. The minimum Gasteiger partial charge on any atom is -0.481 e. The maximum atomic E-state index is 12.1. The molecule has 1 amide bonds. The van der Waals surface area contributed by atoms with Crippen molar-refractivity contribution in [3.05, 3.63) is 42.2 Å². The number of carbonyl (C=O) groups is 1. The standard InChI is InChI=1S/C16H20N2O3/c1-11(20-12-8-6-5-7-9-12)15(19)17-14-10-13(21-18-14)16(2,3)4/h5-11H,1-4H3,(H,17,18,19)/t11-/m1/s1. The van der Waals surface area contributed by atoms with Gasteiger partial charge in [0.05, 0.1) is 0 Å². The quantitative estimate of drug-likeness (QED) is 0.936. The van der Waals surface area contributed by atoms with Gasteiger partial charge in [-0.15, -0.1) is 0 Å². The third-order valence-corrected chi connectivity index (χ3v) is 2.93. The van der Waals surface area contributed by atoms with Gasteiger partial charge in [-0.3, -0.25) is 4.79 Å². The summed E-state index contributed by atoms with van der Waals surface area (Å²) in [4.78, 5) is 12.1. The number of hydrogen-bond acceptors (Lipinski definition) is 4. The summed E-state index contributed by atoms with van der Waals surface area (Å²) in [7, 11) is 0. The van der Waals surface area contributed by atoms with E-state index in [1.165, 1.54) is 0 Å². The molecule has 0 aliphatic carbocycles. The van der Waals surface area contributed by atoms with Crippen molar-refractivity contribution in [3.8, 4) is 5.75 Å². The van der Waals surface area contributed by atoms with Crippen LogP contribution in [0.2, 0.25) is 0 Å². The molecular formula is C16H20N2O3. The normalized spacial score (nSPS) is 12.8. The van der Waals surface area contributed by atoms with Gasteiger partial charge in [0.25, 0.3) is 5.91 Å². The monoisotopic (exact) mass is 288 g/mol. The molecule has 0 bridgehead atoms. The van der Waals surface area contributed by atoms with E-state index in [1.54, 1.807) is 25.1 Å². The van der Waals surface area contributed by atoms with Crippen LogP contribution in [0.5, 0.6) is 5.75 Å². The van der Waals surface area contributed by atoms with Crippen LogP contribution in [0.25, 0.3) is 0 Å². The highest BCUT2D eigenvalue weighted by Crippen LogP contribution is 2.24. The van der Waals surface area contributed by atoms with Crippen molar-refractivity contribution in [1.29, 1.82) is 0 Å². The fraction of sp³-hybridized carbons (Fsp3) is 0.375. The SMILES string of the molecule is C[C@@H](Oc1ccccc1)C(=O)Nc1cc(C(C)(C)C)on1. The summed E-state index contributed by atoms with van der Waals surface area (Å²) >= 11 is 0. The average Bonchev–Trinajstić information content (AvgIpc) is 2.88. The van der Waals surface area contributed by atoms with Crippen molar-refractivity contribution in [3.63, 3.8) is 0 Å². The highest BCUT2D eigenvalue weighted by Gasteiger charge is 2.22. The van der Waals surface area contributed by atoms with Crippen molar-refractivity contribution in [2.24, 2.45) is 0 Å². The Bertz CT molecular complexity index is 599. The fourth-order valence-corrected chi connectivity index (χ4v) is 1.67. The molecule has 0 aliphatic rings. The van der Waals surface area contributed by atoms with E-state index < -0.39 is 6.10 Å². The molecule has 0 fully saturated rings. The highest BCUT2D eigenvalue weighted by atomic mass is 16.5. The first-order chi connectivity index (χ1) is 9.86. The number of ether oxygens (including phenoxy) is 1. The molecule has 2 aromatic rings. The molecule has 2 rings (SSSR count). The molecule has 0 saturated carbocycles. The Balaban J connectivity index is 1.96. The van der Waals surface area contributed by atoms with Gasteiger partial charge >= 0.3 is 0 Å². The van der Waals surface area contributed by atoms with Crippen LogP contribution in [-0.4, -0.2) is 17.2 Å². The van der Waals surface area contributed by atoms with E-state index >= 15 is 0 Å². The van der Waals surface area contributed by atoms with Gasteiger partial charge in [0.15, 0.2) is 11.9 Å². The molecule has 0 unspecified atom stereocenters. The van der Waals surface area contributed by atoms with Crippen molar-refractivity contribution in [2.75, 3.05) is 5.32 Å². The van der Waals surface area contributed by atoms with E-state index in [0.29, 0.717) is 11.6 Å². The Hall–Kier alpha value is -2.30. The molecular weight excluding hydrogens is 268 g/mol. The number of nitrogens with zero attached hydrogens (tertiary/aromatic N) is 1. The van der Waals surface area contributed by atoms with Crippen molar-refractivity contribution in [1.82, 2.24) is 5.16 Å². The van der Waals surface area contributed by atoms with E-state index in [1.807, 2.05) is 39.0 Å². The van der Waals surface area contributed by atoms with Gasteiger partial charge in [-0.1, -0.05) is 44.1 Å². The first-order valence-corrected chi connectivity index (χ1v) is 6.86. The van der Waals surface area contributed by atoms with Crippen molar-refractivity contribution < 1.29 is 14.1 Å². The third-order valence-electron chi connectivity index (χ3n) is 2.93. The van der Waals surface area contributed by atoms with E-state index in [-0.39, 0.29) is 11.3 Å². The van der Waals surface area contributed by atoms with Gasteiger partial charge in [0.1, 0.15) is 11.5 Å². The number of anilines is 1. The highest BCUT2D eigenvalue weighted by molar-refractivity contribution is 5.93. The summed E-state index contributed by atoms with van der Waals surface area (Å²) in [6.07, 6.45) is -0.623. The summed E-state index contributed by atoms with van der Waals surface area (Å²) < 4.78 is 10.8. The lowest BCUT2D eigenvalue weighted by atomic mass is 9.93. The average molecular weight is 288 g/mol. The van der Waals surface area contributed by atoms with E-state index in [2.05, 4.69) is 10.5 Å². The molecule has 1 heterocycles. The number of nitrogens with one attached hydrogen (secondary N) is 1. The van der Waals surface area contributed by atoms with E-state index in [9.17, 15) is 4.79 Å². The zero-order chi connectivity index (χ0) is 15.5. The minimum atomic E-state index is -0.623. The smallest absolute Gasteiger partial charge is 0.266 e. The molecule has 5 heteroatoms. The van der Waals surface area contributed by atoms with Gasteiger partial charge in [-0.05, 0) is 19.1 Å². The molecule has 5 nitrogen and oxygen atoms in total. The summed E-state index contributed by atoms with van der Waals surface area (Å²) in [6, 6.07) is 10.9. The summed E-state index contributed by atoms with van der Waals surface area (Å²) in [5.74, 6) is 1.49. The number of para-hydroxylation sites is 1. The van der Waals surface area contributed by atoms with Gasteiger partial charge in [-0.2, -0.15) is 0 Å². The second-order valence-electron chi connectivity index (χ2n) is 5.89. The molecule has 0 aliphatic heterocycles. The van der Waals surface area contributed by atoms with Crippen LogP contribution in [0, 0.1) is 0 Å². The summed E-state index contributed by atoms with van der Waals surface area (Å²) in [6.45, 7) is 7.73. The lowest BCUT2D eigenvalue weighted by Gasteiger charge is -2.13. The van der Waals surface area contributed by atoms with E-state index in [0.717, 1.165) is 5.76 Å². The van der Waals surface area contributed by atoms with Crippen LogP contribution in [0.15, 0.2) is 40.9 Å². The number of hydrogen-bond donors (Lipinski definition) is 1. The molecule has 1 atom stereocenters. The molecule has 21 heavy (non-hydrogen) atoms. The van der Waals surface area contributed by atoms with Crippen LogP contribution in [0.4, 0.5) is 5.82 Å².